The highest BCUT2D eigenvalue weighted by atomic mass is 16.7. The summed E-state index contributed by atoms with van der Waals surface area (Å²) in [5.41, 5.74) is 0.630. The molecule has 0 spiro atoms. The van der Waals surface area contributed by atoms with Gasteiger partial charge in [-0.2, -0.15) is 5.26 Å². The van der Waals surface area contributed by atoms with E-state index in [1.165, 1.54) is 0 Å². The van der Waals surface area contributed by atoms with E-state index in [0.717, 1.165) is 6.42 Å². The van der Waals surface area contributed by atoms with Gasteiger partial charge >= 0.3 is 0 Å². The summed E-state index contributed by atoms with van der Waals surface area (Å²) in [7, 11) is 0. The maximum atomic E-state index is 12.4. The topological polar surface area (TPSA) is 68.6 Å². The van der Waals surface area contributed by atoms with E-state index in [2.05, 4.69) is 6.07 Å². The summed E-state index contributed by atoms with van der Waals surface area (Å²) in [6, 6.07) is 7.24. The second-order valence-corrected chi connectivity index (χ2v) is 5.09. The Labute approximate surface area is 117 Å². The van der Waals surface area contributed by atoms with Crippen molar-refractivity contribution in [2.24, 2.45) is 0 Å². The first-order valence-electron chi connectivity index (χ1n) is 6.67. The van der Waals surface area contributed by atoms with Crippen LogP contribution in [0.1, 0.15) is 31.2 Å². The van der Waals surface area contributed by atoms with Crippen molar-refractivity contribution in [3.63, 3.8) is 0 Å². The fraction of sp³-hybridized carbons (Fsp3) is 0.467. The molecule has 2 aliphatic rings. The van der Waals surface area contributed by atoms with Gasteiger partial charge in [-0.3, -0.25) is 4.79 Å². The monoisotopic (exact) mass is 273 g/mol. The fourth-order valence-corrected chi connectivity index (χ4v) is 2.59. The molecule has 0 radical (unpaired) electrons. The standard InChI is InChI=1S/C15H15NO4/c1-9-2-4-13(20-9)15(17)11(7-16)10-3-5-12-14(6-10)19-8-18-12/h3,5-6,9,11,13H,2,4,8H2,1H3. The van der Waals surface area contributed by atoms with Gasteiger partial charge in [-0.15, -0.1) is 0 Å². The van der Waals surface area contributed by atoms with E-state index < -0.39 is 12.0 Å². The maximum absolute atomic E-state index is 12.4. The molecule has 1 saturated heterocycles. The number of ether oxygens (including phenoxy) is 3. The van der Waals surface area contributed by atoms with Gasteiger partial charge in [-0.05, 0) is 37.5 Å². The van der Waals surface area contributed by atoms with Crippen molar-refractivity contribution in [3.05, 3.63) is 23.8 Å². The lowest BCUT2D eigenvalue weighted by Crippen LogP contribution is -2.26. The smallest absolute Gasteiger partial charge is 0.231 e. The highest BCUT2D eigenvalue weighted by Gasteiger charge is 2.34. The summed E-state index contributed by atoms with van der Waals surface area (Å²) in [4.78, 5) is 12.4. The average molecular weight is 273 g/mol. The largest absolute Gasteiger partial charge is 0.454 e. The third-order valence-electron chi connectivity index (χ3n) is 3.69. The van der Waals surface area contributed by atoms with Crippen LogP contribution >= 0.6 is 0 Å². The molecule has 3 atom stereocenters. The van der Waals surface area contributed by atoms with E-state index in [-0.39, 0.29) is 18.7 Å². The number of fused-ring (bicyclic) bond motifs is 1. The number of hydrogen-bond acceptors (Lipinski definition) is 5. The van der Waals surface area contributed by atoms with Crippen LogP contribution in [0.3, 0.4) is 0 Å². The van der Waals surface area contributed by atoms with Crippen LogP contribution in [0.4, 0.5) is 0 Å². The molecule has 2 aliphatic heterocycles. The lowest BCUT2D eigenvalue weighted by Gasteiger charge is -2.14. The molecule has 3 unspecified atom stereocenters. The fourth-order valence-electron chi connectivity index (χ4n) is 2.59. The van der Waals surface area contributed by atoms with Crippen LogP contribution in [0, 0.1) is 11.3 Å². The first-order valence-corrected chi connectivity index (χ1v) is 6.67. The highest BCUT2D eigenvalue weighted by molar-refractivity contribution is 5.92. The van der Waals surface area contributed by atoms with Crippen molar-refractivity contribution in [2.45, 2.75) is 37.9 Å². The Morgan fingerprint density at radius 2 is 2.15 bits per heavy atom. The van der Waals surface area contributed by atoms with Gasteiger partial charge in [0.05, 0.1) is 12.2 Å². The van der Waals surface area contributed by atoms with Gasteiger partial charge in [0.15, 0.2) is 17.3 Å². The van der Waals surface area contributed by atoms with Crippen LogP contribution in [-0.4, -0.2) is 24.8 Å². The van der Waals surface area contributed by atoms with E-state index in [1.807, 2.05) is 6.92 Å². The summed E-state index contributed by atoms with van der Waals surface area (Å²) in [6.07, 6.45) is 1.15. The Balaban J connectivity index is 1.83. The maximum Gasteiger partial charge on any atom is 0.231 e. The van der Waals surface area contributed by atoms with E-state index in [1.54, 1.807) is 18.2 Å². The average Bonchev–Trinajstić information content (AvgIpc) is 3.07. The molecule has 3 rings (SSSR count). The Morgan fingerprint density at radius 3 is 2.85 bits per heavy atom. The number of nitrogens with zero attached hydrogens (tertiary/aromatic N) is 1. The van der Waals surface area contributed by atoms with E-state index >= 15 is 0 Å². The Morgan fingerprint density at radius 1 is 1.35 bits per heavy atom. The molecule has 1 aromatic rings. The van der Waals surface area contributed by atoms with Crippen molar-refractivity contribution >= 4 is 5.78 Å². The van der Waals surface area contributed by atoms with Crippen molar-refractivity contribution in [1.29, 1.82) is 5.26 Å². The molecular weight excluding hydrogens is 258 g/mol. The van der Waals surface area contributed by atoms with Crippen molar-refractivity contribution in [1.82, 2.24) is 0 Å². The van der Waals surface area contributed by atoms with Crippen LogP contribution in [0.5, 0.6) is 11.5 Å². The lowest BCUT2D eigenvalue weighted by molar-refractivity contribution is -0.129. The molecule has 0 N–H and O–H groups in total. The van der Waals surface area contributed by atoms with Crippen LogP contribution in [0.15, 0.2) is 18.2 Å². The molecule has 104 valence electrons. The molecule has 1 aromatic carbocycles. The number of hydrogen-bond donors (Lipinski definition) is 0. The molecule has 1 fully saturated rings. The molecule has 0 bridgehead atoms. The summed E-state index contributed by atoms with van der Waals surface area (Å²) in [5.74, 6) is 0.232. The zero-order chi connectivity index (χ0) is 14.1. The molecule has 0 aliphatic carbocycles. The van der Waals surface area contributed by atoms with Gasteiger partial charge in [0.25, 0.3) is 0 Å². The number of nitriles is 1. The highest BCUT2D eigenvalue weighted by Crippen LogP contribution is 2.35. The van der Waals surface area contributed by atoms with Crippen molar-refractivity contribution in [2.75, 3.05) is 6.79 Å². The summed E-state index contributed by atoms with van der Waals surface area (Å²) in [5, 5.41) is 9.33. The second-order valence-electron chi connectivity index (χ2n) is 5.09. The number of ketones is 1. The molecule has 5 nitrogen and oxygen atoms in total. The third-order valence-corrected chi connectivity index (χ3v) is 3.69. The number of carbonyl (C=O) groups is 1. The Bertz CT molecular complexity index is 578. The molecule has 0 aromatic heterocycles. The van der Waals surface area contributed by atoms with Gasteiger partial charge in [-0.25, -0.2) is 0 Å². The molecule has 2 heterocycles. The van der Waals surface area contributed by atoms with Crippen LogP contribution in [0.2, 0.25) is 0 Å². The minimum atomic E-state index is -0.820. The van der Waals surface area contributed by atoms with Gasteiger partial charge in [0.1, 0.15) is 12.0 Å². The van der Waals surface area contributed by atoms with Crippen LogP contribution < -0.4 is 9.47 Å². The van der Waals surface area contributed by atoms with Gasteiger partial charge in [0.2, 0.25) is 6.79 Å². The molecular formula is C15H15NO4. The van der Waals surface area contributed by atoms with E-state index in [9.17, 15) is 10.1 Å². The molecule has 0 amide bonds. The predicted octanol–water partition coefficient (Wildman–Crippen LogP) is 2.16. The quantitative estimate of drug-likeness (QED) is 0.844. The minimum Gasteiger partial charge on any atom is -0.454 e. The molecule has 5 heteroatoms. The lowest BCUT2D eigenvalue weighted by atomic mass is 9.92. The summed E-state index contributed by atoms with van der Waals surface area (Å²) in [6.45, 7) is 2.11. The van der Waals surface area contributed by atoms with Gasteiger partial charge < -0.3 is 14.2 Å². The summed E-state index contributed by atoms with van der Waals surface area (Å²) >= 11 is 0. The van der Waals surface area contributed by atoms with E-state index in [4.69, 9.17) is 14.2 Å². The third kappa shape index (κ3) is 2.23. The zero-order valence-electron chi connectivity index (χ0n) is 11.2. The van der Waals surface area contributed by atoms with Crippen LogP contribution in [-0.2, 0) is 9.53 Å². The van der Waals surface area contributed by atoms with Crippen molar-refractivity contribution < 1.29 is 19.0 Å². The van der Waals surface area contributed by atoms with Gasteiger partial charge in [0, 0.05) is 0 Å². The SMILES string of the molecule is CC1CCC(C(=O)C(C#N)c2ccc3c(c2)OCO3)O1. The molecule has 0 saturated carbocycles. The van der Waals surface area contributed by atoms with Gasteiger partial charge in [-0.1, -0.05) is 6.07 Å². The van der Waals surface area contributed by atoms with Crippen molar-refractivity contribution in [3.8, 4) is 17.6 Å². The first kappa shape index (κ1) is 12.9. The molecule has 20 heavy (non-hydrogen) atoms. The normalized spacial score (nSPS) is 25.2. The van der Waals surface area contributed by atoms with E-state index in [0.29, 0.717) is 23.5 Å². The second kappa shape index (κ2) is 5.14. The number of carbonyl (C=O) groups excluding carboxylic acids is 1. The minimum absolute atomic E-state index is 0.0834. The first-order chi connectivity index (χ1) is 9.69. The Kier molecular flexibility index (Phi) is 3.33. The summed E-state index contributed by atoms with van der Waals surface area (Å²) < 4.78 is 16.1. The number of Topliss-reactive ketones (excluding diaryl/α,β-unsaturated/α-hetero) is 1. The number of benzene rings is 1. The number of rotatable bonds is 3. The van der Waals surface area contributed by atoms with Crippen LogP contribution in [0.25, 0.3) is 0 Å². The predicted molar refractivity (Wildman–Crippen MR) is 69.5 cm³/mol. The Hall–Kier alpha value is -2.06. The zero-order valence-corrected chi connectivity index (χ0v) is 11.2.